The molecule has 1 aliphatic rings. The molecule has 0 spiro atoms. The predicted octanol–water partition coefficient (Wildman–Crippen LogP) is 8.02. The van der Waals surface area contributed by atoms with E-state index in [4.69, 9.17) is 11.6 Å². The summed E-state index contributed by atoms with van der Waals surface area (Å²) in [4.78, 5) is 21.8. The highest BCUT2D eigenvalue weighted by atomic mass is 35.5. The van der Waals surface area contributed by atoms with Crippen LogP contribution in [0.25, 0.3) is 11.3 Å². The number of anilines is 1. The minimum Gasteiger partial charge on any atom is -0.316 e. The lowest BCUT2D eigenvalue weighted by molar-refractivity contribution is -0.141. The Hall–Kier alpha value is -2.61. The van der Waals surface area contributed by atoms with E-state index in [-0.39, 0.29) is 22.0 Å². The molecule has 0 radical (unpaired) electrons. The molecule has 1 aromatic carbocycles. The molecule has 4 rings (SSSR count). The lowest BCUT2D eigenvalue weighted by atomic mass is 9.69. The summed E-state index contributed by atoms with van der Waals surface area (Å²) in [7, 11) is 0. The van der Waals surface area contributed by atoms with E-state index in [2.05, 4.69) is 42.1 Å². The fourth-order valence-corrected chi connectivity index (χ4v) is 6.52. The standard InChI is InChI=1S/C27H26ClF3N4OS2/c1-4-26(2,3)16-7-10-18-19(13-32)24(38-21(18)11-16)35-23(36)14-37-25-33-20(12-22(34-25)27(29,30)31)15-5-8-17(28)9-6-15/h5-6,8-9,12,16H,4,7,10-11,14H2,1-3H3,(H,35,36)/t16-/m0/s1. The van der Waals surface area contributed by atoms with Gasteiger partial charge in [0.2, 0.25) is 5.91 Å². The molecule has 3 aromatic rings. The van der Waals surface area contributed by atoms with Gasteiger partial charge >= 0.3 is 6.18 Å². The molecule has 0 saturated carbocycles. The third kappa shape index (κ3) is 6.33. The molecular weight excluding hydrogens is 553 g/mol. The maximum Gasteiger partial charge on any atom is 0.433 e. The van der Waals surface area contributed by atoms with Gasteiger partial charge in [-0.2, -0.15) is 18.4 Å². The number of thioether (sulfide) groups is 1. The average molecular weight is 579 g/mol. The number of nitrogens with one attached hydrogen (secondary N) is 1. The summed E-state index contributed by atoms with van der Waals surface area (Å²) in [6.45, 7) is 6.70. The molecule has 0 unspecified atom stereocenters. The van der Waals surface area contributed by atoms with Crippen molar-refractivity contribution in [1.29, 1.82) is 5.26 Å². The first-order chi connectivity index (χ1) is 17.9. The van der Waals surface area contributed by atoms with Gasteiger partial charge in [-0.05, 0) is 54.4 Å². The lowest BCUT2D eigenvalue weighted by Gasteiger charge is -2.36. The van der Waals surface area contributed by atoms with Crippen LogP contribution in [0.3, 0.4) is 0 Å². The molecule has 200 valence electrons. The number of carbonyl (C=O) groups is 1. The van der Waals surface area contributed by atoms with Gasteiger partial charge in [0.15, 0.2) is 5.16 Å². The van der Waals surface area contributed by atoms with E-state index in [1.807, 2.05) is 0 Å². The Balaban J connectivity index is 1.50. The van der Waals surface area contributed by atoms with E-state index in [0.29, 0.717) is 27.1 Å². The molecule has 0 saturated heterocycles. The van der Waals surface area contributed by atoms with Crippen molar-refractivity contribution in [1.82, 2.24) is 9.97 Å². The van der Waals surface area contributed by atoms with E-state index in [1.165, 1.54) is 11.3 Å². The number of alkyl halides is 3. The topological polar surface area (TPSA) is 78.7 Å². The summed E-state index contributed by atoms with van der Waals surface area (Å²) in [6.07, 6.45) is -0.971. The van der Waals surface area contributed by atoms with E-state index in [0.717, 1.165) is 54.0 Å². The first-order valence-electron chi connectivity index (χ1n) is 12.1. The van der Waals surface area contributed by atoms with Crippen LogP contribution in [-0.2, 0) is 23.8 Å². The highest BCUT2D eigenvalue weighted by Gasteiger charge is 2.35. The quantitative estimate of drug-likeness (QED) is 0.227. The molecule has 0 aliphatic heterocycles. The van der Waals surface area contributed by atoms with Crippen LogP contribution in [0.5, 0.6) is 0 Å². The number of nitrogens with zero attached hydrogens (tertiary/aromatic N) is 3. The second-order valence-corrected chi connectivity index (χ2v) is 12.3. The zero-order chi connectivity index (χ0) is 27.7. The third-order valence-electron chi connectivity index (χ3n) is 7.11. The number of amides is 1. The molecule has 2 aromatic heterocycles. The van der Waals surface area contributed by atoms with E-state index in [9.17, 15) is 23.2 Å². The minimum atomic E-state index is -4.68. The Bertz CT molecular complexity index is 1380. The van der Waals surface area contributed by atoms with Crippen molar-refractivity contribution in [3.63, 3.8) is 0 Å². The largest absolute Gasteiger partial charge is 0.433 e. The second kappa shape index (κ2) is 11.2. The summed E-state index contributed by atoms with van der Waals surface area (Å²) in [6, 6.07) is 9.37. The first-order valence-corrected chi connectivity index (χ1v) is 14.3. The minimum absolute atomic E-state index is 0.0779. The summed E-state index contributed by atoms with van der Waals surface area (Å²) in [5, 5.41) is 13.3. The molecule has 38 heavy (non-hydrogen) atoms. The van der Waals surface area contributed by atoms with Gasteiger partial charge < -0.3 is 5.32 Å². The number of rotatable bonds is 7. The van der Waals surface area contributed by atoms with Crippen LogP contribution in [0.15, 0.2) is 35.5 Å². The van der Waals surface area contributed by atoms with Gasteiger partial charge in [-0.1, -0.05) is 62.7 Å². The highest BCUT2D eigenvalue weighted by molar-refractivity contribution is 7.99. The van der Waals surface area contributed by atoms with E-state index in [1.54, 1.807) is 24.3 Å². The predicted molar refractivity (Wildman–Crippen MR) is 145 cm³/mol. The number of carbonyl (C=O) groups excluding carboxylic acids is 1. The molecule has 2 heterocycles. The Kier molecular flexibility index (Phi) is 8.40. The van der Waals surface area contributed by atoms with Gasteiger partial charge in [-0.25, -0.2) is 9.97 Å². The first kappa shape index (κ1) is 28.4. The van der Waals surface area contributed by atoms with Gasteiger partial charge in [0, 0.05) is 15.5 Å². The molecule has 1 aliphatic carbocycles. The third-order valence-corrected chi connectivity index (χ3v) is 9.38. The summed E-state index contributed by atoms with van der Waals surface area (Å²) in [5.41, 5.74) is 1.09. The van der Waals surface area contributed by atoms with Crippen molar-refractivity contribution in [2.75, 3.05) is 11.1 Å². The molecule has 1 amide bonds. The summed E-state index contributed by atoms with van der Waals surface area (Å²) < 4.78 is 40.5. The molecular formula is C27H26ClF3N4OS2. The van der Waals surface area contributed by atoms with Gasteiger partial charge in [-0.15, -0.1) is 11.3 Å². The van der Waals surface area contributed by atoms with Crippen molar-refractivity contribution >= 4 is 45.6 Å². The number of hydrogen-bond acceptors (Lipinski definition) is 6. The molecule has 1 atom stereocenters. The second-order valence-electron chi connectivity index (χ2n) is 9.86. The molecule has 1 N–H and O–H groups in total. The number of nitriles is 1. The maximum atomic E-state index is 13.5. The van der Waals surface area contributed by atoms with Gasteiger partial charge in [0.1, 0.15) is 16.8 Å². The molecule has 5 nitrogen and oxygen atoms in total. The van der Waals surface area contributed by atoms with Crippen LogP contribution in [0.4, 0.5) is 18.2 Å². The van der Waals surface area contributed by atoms with Crippen LogP contribution in [0.1, 0.15) is 55.3 Å². The molecule has 11 heteroatoms. The number of benzene rings is 1. The van der Waals surface area contributed by atoms with Gasteiger partial charge in [0.05, 0.1) is 17.0 Å². The molecule has 0 bridgehead atoms. The number of hydrogen-bond donors (Lipinski definition) is 1. The normalized spacial score (nSPS) is 15.6. The fourth-order valence-electron chi connectivity index (χ4n) is 4.44. The van der Waals surface area contributed by atoms with Crippen molar-refractivity contribution in [3.05, 3.63) is 57.1 Å². The Morgan fingerprint density at radius 3 is 2.61 bits per heavy atom. The summed E-state index contributed by atoms with van der Waals surface area (Å²) >= 11 is 8.12. The molecule has 0 fully saturated rings. The average Bonchev–Trinajstić information content (AvgIpc) is 3.23. The monoisotopic (exact) mass is 578 g/mol. The van der Waals surface area contributed by atoms with E-state index < -0.39 is 17.8 Å². The van der Waals surface area contributed by atoms with Gasteiger partial charge in [0.25, 0.3) is 0 Å². The highest BCUT2D eigenvalue weighted by Crippen LogP contribution is 2.45. The Morgan fingerprint density at radius 1 is 1.26 bits per heavy atom. The SMILES string of the molecule is CCC(C)(C)[C@H]1CCc2c(sc(NC(=O)CSc3nc(-c4ccc(Cl)cc4)cc(C(F)(F)F)n3)c2C#N)C1. The Morgan fingerprint density at radius 2 is 1.97 bits per heavy atom. The lowest BCUT2D eigenvalue weighted by Crippen LogP contribution is -2.28. The van der Waals surface area contributed by atoms with E-state index >= 15 is 0 Å². The Labute approximate surface area is 232 Å². The van der Waals surface area contributed by atoms with Crippen LogP contribution in [-0.4, -0.2) is 21.6 Å². The van der Waals surface area contributed by atoms with Gasteiger partial charge in [-0.3, -0.25) is 4.79 Å². The number of fused-ring (bicyclic) bond motifs is 1. The van der Waals surface area contributed by atoms with Crippen molar-refractivity contribution in [3.8, 4) is 17.3 Å². The summed E-state index contributed by atoms with van der Waals surface area (Å²) in [5.74, 6) is -0.151. The number of halogens is 4. The zero-order valence-corrected chi connectivity index (χ0v) is 23.5. The van der Waals surface area contributed by atoms with Crippen LogP contribution in [0, 0.1) is 22.7 Å². The smallest absolute Gasteiger partial charge is 0.316 e. The van der Waals surface area contributed by atoms with Crippen molar-refractivity contribution in [2.45, 2.75) is 57.8 Å². The number of thiophene rings is 1. The zero-order valence-electron chi connectivity index (χ0n) is 21.1. The van der Waals surface area contributed by atoms with Crippen molar-refractivity contribution in [2.24, 2.45) is 11.3 Å². The maximum absolute atomic E-state index is 13.5. The van der Waals surface area contributed by atoms with Crippen LogP contribution < -0.4 is 5.32 Å². The fraction of sp³-hybridized carbons (Fsp3) is 0.407. The van der Waals surface area contributed by atoms with Crippen molar-refractivity contribution < 1.29 is 18.0 Å². The van der Waals surface area contributed by atoms with Crippen LogP contribution in [0.2, 0.25) is 5.02 Å². The van der Waals surface area contributed by atoms with Crippen LogP contribution >= 0.6 is 34.7 Å². The number of aromatic nitrogens is 2.